The summed E-state index contributed by atoms with van der Waals surface area (Å²) in [4.78, 5) is 21.7. The van der Waals surface area contributed by atoms with E-state index in [1.807, 2.05) is 36.1 Å². The molecule has 4 N–H and O–H groups in total. The van der Waals surface area contributed by atoms with Gasteiger partial charge >= 0.3 is 0 Å². The summed E-state index contributed by atoms with van der Waals surface area (Å²) < 4.78 is 0. The molecule has 1 aliphatic heterocycles. The van der Waals surface area contributed by atoms with Crippen LogP contribution in [0.5, 0.6) is 0 Å². The van der Waals surface area contributed by atoms with Crippen molar-refractivity contribution in [3.05, 3.63) is 40.2 Å². The zero-order chi connectivity index (χ0) is 14.8. The van der Waals surface area contributed by atoms with Gasteiger partial charge in [0.1, 0.15) is 5.82 Å². The molecule has 1 fully saturated rings. The smallest absolute Gasteiger partial charge is 0.262 e. The van der Waals surface area contributed by atoms with Crippen LogP contribution in [0, 0.1) is 6.92 Å². The van der Waals surface area contributed by atoms with Gasteiger partial charge in [-0.3, -0.25) is 9.78 Å². The molecule has 110 valence electrons. The zero-order valence-electron chi connectivity index (χ0n) is 12.0. The van der Waals surface area contributed by atoms with Crippen molar-refractivity contribution in [2.45, 2.75) is 6.92 Å². The fourth-order valence-corrected chi connectivity index (χ4v) is 2.58. The molecule has 3 rings (SSSR count). The van der Waals surface area contributed by atoms with Gasteiger partial charge in [0, 0.05) is 26.2 Å². The van der Waals surface area contributed by atoms with Crippen LogP contribution in [-0.2, 0) is 0 Å². The highest BCUT2D eigenvalue weighted by molar-refractivity contribution is 5.74. The summed E-state index contributed by atoms with van der Waals surface area (Å²) >= 11 is 0. The molecule has 0 radical (unpaired) electrons. The number of rotatable bonds is 2. The Bertz CT molecular complexity index is 703. The van der Waals surface area contributed by atoms with Crippen LogP contribution in [0.4, 0.5) is 11.8 Å². The van der Waals surface area contributed by atoms with Gasteiger partial charge in [0.05, 0.1) is 5.56 Å². The van der Waals surface area contributed by atoms with Crippen LogP contribution in [0.25, 0.3) is 11.1 Å². The first-order valence-corrected chi connectivity index (χ1v) is 7.07. The molecule has 21 heavy (non-hydrogen) atoms. The Labute approximate surface area is 123 Å². The summed E-state index contributed by atoms with van der Waals surface area (Å²) in [5.74, 6) is 0.827. The number of aromatic amines is 1. The lowest BCUT2D eigenvalue weighted by Crippen LogP contribution is -2.44. The van der Waals surface area contributed by atoms with Gasteiger partial charge < -0.3 is 16.0 Å². The lowest BCUT2D eigenvalue weighted by Gasteiger charge is -2.28. The molecule has 2 heterocycles. The second kappa shape index (κ2) is 5.57. The van der Waals surface area contributed by atoms with Gasteiger partial charge in [-0.25, -0.2) is 0 Å². The highest BCUT2D eigenvalue weighted by atomic mass is 16.1. The van der Waals surface area contributed by atoms with Crippen molar-refractivity contribution in [1.29, 1.82) is 0 Å². The number of hydrogen-bond acceptors (Lipinski definition) is 5. The van der Waals surface area contributed by atoms with E-state index in [2.05, 4.69) is 15.3 Å². The summed E-state index contributed by atoms with van der Waals surface area (Å²) in [5.41, 5.74) is 8.17. The third-order valence-corrected chi connectivity index (χ3v) is 3.66. The minimum Gasteiger partial charge on any atom is -0.383 e. The fourth-order valence-electron chi connectivity index (χ4n) is 2.58. The van der Waals surface area contributed by atoms with Crippen molar-refractivity contribution in [1.82, 2.24) is 15.3 Å². The fraction of sp³-hybridized carbons (Fsp3) is 0.333. The van der Waals surface area contributed by atoms with Gasteiger partial charge in [-0.05, 0) is 12.5 Å². The quantitative estimate of drug-likeness (QED) is 0.757. The summed E-state index contributed by atoms with van der Waals surface area (Å²) in [5, 5.41) is 3.26. The second-order valence-electron chi connectivity index (χ2n) is 5.26. The molecule has 1 aromatic heterocycles. The van der Waals surface area contributed by atoms with E-state index >= 15 is 0 Å². The molecule has 0 spiro atoms. The maximum Gasteiger partial charge on any atom is 0.262 e. The molecular weight excluding hydrogens is 266 g/mol. The minimum atomic E-state index is -0.193. The third kappa shape index (κ3) is 2.75. The topological polar surface area (TPSA) is 87.0 Å². The molecule has 6 nitrogen and oxygen atoms in total. The van der Waals surface area contributed by atoms with E-state index in [1.165, 1.54) is 0 Å². The maximum absolute atomic E-state index is 12.4. The second-order valence-corrected chi connectivity index (χ2v) is 5.26. The Kier molecular flexibility index (Phi) is 3.62. The molecule has 1 saturated heterocycles. The standard InChI is InChI=1S/C15H19N5O/c1-10-3-2-4-11(9-10)12-13(16)18-15(19-14(12)21)20-7-5-17-6-8-20/h2-4,9,17H,5-8H2,1H3,(H3,16,18,19,21). The van der Waals surface area contributed by atoms with Crippen LogP contribution in [0.1, 0.15) is 5.56 Å². The van der Waals surface area contributed by atoms with E-state index in [0.29, 0.717) is 11.5 Å². The minimum absolute atomic E-state index is 0.193. The average Bonchev–Trinajstić information content (AvgIpc) is 2.47. The van der Waals surface area contributed by atoms with Crippen LogP contribution in [0.15, 0.2) is 29.1 Å². The molecule has 6 heteroatoms. The lowest BCUT2D eigenvalue weighted by molar-refractivity contribution is 0.579. The zero-order valence-corrected chi connectivity index (χ0v) is 12.0. The first-order chi connectivity index (χ1) is 10.1. The predicted molar refractivity (Wildman–Crippen MR) is 84.5 cm³/mol. The van der Waals surface area contributed by atoms with Crippen LogP contribution < -0.4 is 21.5 Å². The number of H-pyrrole nitrogens is 1. The molecule has 0 amide bonds. The molecule has 2 aromatic rings. The lowest BCUT2D eigenvalue weighted by atomic mass is 10.1. The van der Waals surface area contributed by atoms with Gasteiger partial charge in [0.25, 0.3) is 5.56 Å². The van der Waals surface area contributed by atoms with Crippen LogP contribution in [-0.4, -0.2) is 36.1 Å². The summed E-state index contributed by atoms with van der Waals surface area (Å²) in [7, 11) is 0. The van der Waals surface area contributed by atoms with Crippen molar-refractivity contribution in [2.75, 3.05) is 36.8 Å². The Balaban J connectivity index is 2.02. The van der Waals surface area contributed by atoms with Crippen molar-refractivity contribution < 1.29 is 0 Å². The predicted octanol–water partition coefficient (Wildman–Crippen LogP) is 0.737. The van der Waals surface area contributed by atoms with Crippen LogP contribution in [0.2, 0.25) is 0 Å². The molecule has 1 aromatic carbocycles. The van der Waals surface area contributed by atoms with Gasteiger partial charge in [-0.1, -0.05) is 29.8 Å². The maximum atomic E-state index is 12.4. The summed E-state index contributed by atoms with van der Waals surface area (Å²) in [6, 6.07) is 7.71. The Hall–Kier alpha value is -2.34. The number of benzene rings is 1. The number of nitrogens with zero attached hydrogens (tertiary/aromatic N) is 2. The molecule has 0 unspecified atom stereocenters. The van der Waals surface area contributed by atoms with Gasteiger partial charge in [-0.15, -0.1) is 0 Å². The van der Waals surface area contributed by atoms with E-state index in [9.17, 15) is 4.79 Å². The van der Waals surface area contributed by atoms with Gasteiger partial charge in [0.15, 0.2) is 0 Å². The summed E-state index contributed by atoms with van der Waals surface area (Å²) in [6.07, 6.45) is 0. The molecule has 0 aliphatic carbocycles. The Morgan fingerprint density at radius 3 is 2.71 bits per heavy atom. The van der Waals surface area contributed by atoms with Crippen molar-refractivity contribution in [3.8, 4) is 11.1 Å². The third-order valence-electron chi connectivity index (χ3n) is 3.66. The SMILES string of the molecule is Cc1cccc(-c2c(N)nc(N3CCNCC3)[nH]c2=O)c1. The first kappa shape index (κ1) is 13.6. The number of aryl methyl sites for hydroxylation is 1. The molecular formula is C15H19N5O. The number of nitrogens with one attached hydrogen (secondary N) is 2. The van der Waals surface area contributed by atoms with Crippen molar-refractivity contribution in [3.63, 3.8) is 0 Å². The van der Waals surface area contributed by atoms with Crippen molar-refractivity contribution >= 4 is 11.8 Å². The Morgan fingerprint density at radius 1 is 1.29 bits per heavy atom. The molecule has 1 aliphatic rings. The number of anilines is 2. The van der Waals surface area contributed by atoms with E-state index < -0.39 is 0 Å². The molecule has 0 saturated carbocycles. The molecule has 0 bridgehead atoms. The Morgan fingerprint density at radius 2 is 2.05 bits per heavy atom. The van der Waals surface area contributed by atoms with E-state index in [4.69, 9.17) is 5.73 Å². The van der Waals surface area contributed by atoms with Crippen LogP contribution >= 0.6 is 0 Å². The van der Waals surface area contributed by atoms with E-state index in [1.54, 1.807) is 0 Å². The van der Waals surface area contributed by atoms with E-state index in [0.717, 1.165) is 37.3 Å². The van der Waals surface area contributed by atoms with Crippen molar-refractivity contribution in [2.24, 2.45) is 0 Å². The summed E-state index contributed by atoms with van der Waals surface area (Å²) in [6.45, 7) is 5.36. The number of nitrogen functional groups attached to an aromatic ring is 1. The normalized spacial score (nSPS) is 15.2. The first-order valence-electron chi connectivity index (χ1n) is 7.07. The monoisotopic (exact) mass is 285 g/mol. The van der Waals surface area contributed by atoms with Gasteiger partial charge in [0.2, 0.25) is 5.95 Å². The average molecular weight is 285 g/mol. The number of nitrogens with two attached hydrogens (primary N) is 1. The highest BCUT2D eigenvalue weighted by Crippen LogP contribution is 2.22. The number of piperazine rings is 1. The highest BCUT2D eigenvalue weighted by Gasteiger charge is 2.17. The van der Waals surface area contributed by atoms with E-state index in [-0.39, 0.29) is 11.4 Å². The number of hydrogen-bond donors (Lipinski definition) is 3. The largest absolute Gasteiger partial charge is 0.383 e. The number of aromatic nitrogens is 2. The van der Waals surface area contributed by atoms with Crippen LogP contribution in [0.3, 0.4) is 0 Å². The molecule has 0 atom stereocenters. The van der Waals surface area contributed by atoms with Gasteiger partial charge in [-0.2, -0.15) is 4.98 Å².